The number of ether oxygens (including phenoxy) is 2. The molecular formula is C30H56O2S. The Hall–Kier alpha value is -0.380. The van der Waals surface area contributed by atoms with E-state index >= 15 is 0 Å². The Kier molecular flexibility index (Phi) is 23.0. The zero-order valence-electron chi connectivity index (χ0n) is 22.4. The molecule has 3 heteroatoms. The van der Waals surface area contributed by atoms with Crippen molar-refractivity contribution in [1.82, 2.24) is 0 Å². The molecule has 0 fully saturated rings. The molecular weight excluding hydrogens is 424 g/mol. The summed E-state index contributed by atoms with van der Waals surface area (Å²) in [6.45, 7) is 8.15. The average molecular weight is 481 g/mol. The summed E-state index contributed by atoms with van der Waals surface area (Å²) >= 11 is 1.82. The third-order valence-corrected chi connectivity index (χ3v) is 7.49. The summed E-state index contributed by atoms with van der Waals surface area (Å²) in [7, 11) is 0. The summed E-state index contributed by atoms with van der Waals surface area (Å²) < 4.78 is 11.8. The third-order valence-electron chi connectivity index (χ3n) is 6.65. The van der Waals surface area contributed by atoms with Gasteiger partial charge < -0.3 is 9.47 Å². The van der Waals surface area contributed by atoms with Crippen LogP contribution in [-0.2, 0) is 22.3 Å². The highest BCUT2D eigenvalue weighted by Crippen LogP contribution is 2.17. The topological polar surface area (TPSA) is 18.5 Å². The second kappa shape index (κ2) is 24.7. The predicted molar refractivity (Wildman–Crippen MR) is 148 cm³/mol. The summed E-state index contributed by atoms with van der Waals surface area (Å²) in [6.07, 6.45) is 26.8. The van der Waals surface area contributed by atoms with Gasteiger partial charge in [-0.2, -0.15) is 11.3 Å². The lowest BCUT2D eigenvalue weighted by Gasteiger charge is -2.07. The molecule has 0 bridgehead atoms. The van der Waals surface area contributed by atoms with Crippen molar-refractivity contribution >= 4 is 11.3 Å². The molecule has 0 aliphatic carbocycles. The summed E-state index contributed by atoms with van der Waals surface area (Å²) in [5.74, 6) is 0. The number of unbranched alkanes of at least 4 members (excludes halogenated alkanes) is 16. The van der Waals surface area contributed by atoms with E-state index in [1.807, 2.05) is 11.3 Å². The Morgan fingerprint density at radius 3 is 1.15 bits per heavy atom. The lowest BCUT2D eigenvalue weighted by molar-refractivity contribution is 0.129. The highest BCUT2D eigenvalue weighted by Gasteiger charge is 2.04. The van der Waals surface area contributed by atoms with Gasteiger partial charge >= 0.3 is 0 Å². The minimum absolute atomic E-state index is 0.861. The molecule has 0 saturated heterocycles. The molecule has 0 aliphatic heterocycles. The first kappa shape index (κ1) is 30.7. The van der Waals surface area contributed by atoms with Crippen LogP contribution in [0.2, 0.25) is 0 Å². The van der Waals surface area contributed by atoms with Crippen LogP contribution in [0.25, 0.3) is 0 Å². The van der Waals surface area contributed by atoms with Crippen LogP contribution in [0.5, 0.6) is 0 Å². The van der Waals surface area contributed by atoms with E-state index < -0.39 is 0 Å². The lowest BCUT2D eigenvalue weighted by atomic mass is 10.1. The summed E-state index contributed by atoms with van der Waals surface area (Å²) in [6, 6.07) is 0. The molecule has 0 atom stereocenters. The Morgan fingerprint density at radius 2 is 0.788 bits per heavy atom. The Balaban J connectivity index is 1.89. The largest absolute Gasteiger partial charge is 0.381 e. The second-order valence-electron chi connectivity index (χ2n) is 9.80. The number of thiophene rings is 1. The van der Waals surface area contributed by atoms with Crippen LogP contribution in [-0.4, -0.2) is 26.4 Å². The van der Waals surface area contributed by atoms with E-state index in [2.05, 4.69) is 24.6 Å². The maximum absolute atomic E-state index is 5.91. The molecule has 194 valence electrons. The average Bonchev–Trinajstić information content (AvgIpc) is 3.27. The molecule has 0 N–H and O–H groups in total. The first-order chi connectivity index (χ1) is 16.4. The van der Waals surface area contributed by atoms with E-state index in [-0.39, 0.29) is 0 Å². The van der Waals surface area contributed by atoms with Crippen molar-refractivity contribution < 1.29 is 9.47 Å². The van der Waals surface area contributed by atoms with Crippen LogP contribution in [0.3, 0.4) is 0 Å². The minimum Gasteiger partial charge on any atom is -0.381 e. The van der Waals surface area contributed by atoms with E-state index in [1.165, 1.54) is 127 Å². The molecule has 1 heterocycles. The van der Waals surface area contributed by atoms with Gasteiger partial charge in [-0.05, 0) is 47.6 Å². The zero-order chi connectivity index (χ0) is 23.7. The van der Waals surface area contributed by atoms with E-state index in [4.69, 9.17) is 9.47 Å². The van der Waals surface area contributed by atoms with Crippen molar-refractivity contribution in [2.45, 2.75) is 142 Å². The van der Waals surface area contributed by atoms with Gasteiger partial charge in [-0.1, -0.05) is 117 Å². The molecule has 0 aliphatic rings. The van der Waals surface area contributed by atoms with Gasteiger partial charge in [0.25, 0.3) is 0 Å². The fraction of sp³-hybridized carbons (Fsp3) is 0.867. The van der Waals surface area contributed by atoms with Crippen molar-refractivity contribution in [3.63, 3.8) is 0 Å². The third kappa shape index (κ3) is 19.6. The number of rotatable bonds is 26. The second-order valence-corrected chi connectivity index (χ2v) is 10.5. The normalized spacial score (nSPS) is 11.5. The molecule has 0 saturated carbocycles. The van der Waals surface area contributed by atoms with E-state index in [0.717, 1.165) is 39.3 Å². The van der Waals surface area contributed by atoms with Crippen molar-refractivity contribution in [1.29, 1.82) is 0 Å². The van der Waals surface area contributed by atoms with Crippen molar-refractivity contribution in [2.75, 3.05) is 26.4 Å². The quantitative estimate of drug-likeness (QED) is 0.123. The fourth-order valence-electron chi connectivity index (χ4n) is 4.39. The van der Waals surface area contributed by atoms with Gasteiger partial charge in [0, 0.05) is 13.2 Å². The van der Waals surface area contributed by atoms with E-state index in [0.29, 0.717) is 0 Å². The summed E-state index contributed by atoms with van der Waals surface area (Å²) in [5.41, 5.74) is 2.94. The first-order valence-electron chi connectivity index (χ1n) is 14.6. The molecule has 0 radical (unpaired) electrons. The Morgan fingerprint density at radius 1 is 0.455 bits per heavy atom. The number of hydrogen-bond donors (Lipinski definition) is 0. The van der Waals surface area contributed by atoms with Gasteiger partial charge in [-0.15, -0.1) is 0 Å². The first-order valence-corrected chi connectivity index (χ1v) is 15.5. The van der Waals surface area contributed by atoms with Crippen LogP contribution in [0.15, 0.2) is 10.8 Å². The summed E-state index contributed by atoms with van der Waals surface area (Å²) in [5, 5.41) is 4.61. The standard InChI is InChI=1S/C30H56O2S/c1-3-5-7-9-11-13-15-17-19-23-31-25-21-29-27-33-28-30(29)22-26-32-24-20-18-16-14-12-10-8-6-4-2/h27-28H,3-26H2,1-2H3. The van der Waals surface area contributed by atoms with Gasteiger partial charge in [-0.25, -0.2) is 0 Å². The van der Waals surface area contributed by atoms with Gasteiger partial charge in [-0.3, -0.25) is 0 Å². The van der Waals surface area contributed by atoms with Crippen molar-refractivity contribution in [3.05, 3.63) is 21.9 Å². The molecule has 33 heavy (non-hydrogen) atoms. The lowest BCUT2D eigenvalue weighted by Crippen LogP contribution is -2.04. The zero-order valence-corrected chi connectivity index (χ0v) is 23.2. The molecule has 1 aromatic rings. The molecule has 0 aromatic carbocycles. The maximum Gasteiger partial charge on any atom is 0.0506 e. The van der Waals surface area contributed by atoms with E-state index in [9.17, 15) is 0 Å². The van der Waals surface area contributed by atoms with Gasteiger partial charge in [0.1, 0.15) is 0 Å². The molecule has 0 unspecified atom stereocenters. The molecule has 0 spiro atoms. The predicted octanol–water partition coefficient (Wildman–Crippen LogP) is 9.93. The van der Waals surface area contributed by atoms with Crippen LogP contribution in [0.4, 0.5) is 0 Å². The van der Waals surface area contributed by atoms with Crippen molar-refractivity contribution in [2.24, 2.45) is 0 Å². The van der Waals surface area contributed by atoms with Gasteiger partial charge in [0.05, 0.1) is 13.2 Å². The van der Waals surface area contributed by atoms with Crippen LogP contribution < -0.4 is 0 Å². The van der Waals surface area contributed by atoms with Crippen LogP contribution >= 0.6 is 11.3 Å². The Bertz CT molecular complexity index is 457. The molecule has 1 rings (SSSR count). The minimum atomic E-state index is 0.861. The van der Waals surface area contributed by atoms with Crippen LogP contribution in [0.1, 0.15) is 141 Å². The van der Waals surface area contributed by atoms with Gasteiger partial charge in [0.2, 0.25) is 0 Å². The molecule has 0 amide bonds. The van der Waals surface area contributed by atoms with E-state index in [1.54, 1.807) is 0 Å². The Labute approximate surface area is 211 Å². The van der Waals surface area contributed by atoms with Crippen molar-refractivity contribution in [3.8, 4) is 0 Å². The highest BCUT2D eigenvalue weighted by molar-refractivity contribution is 7.08. The van der Waals surface area contributed by atoms with Crippen LogP contribution in [0, 0.1) is 0 Å². The molecule has 1 aromatic heterocycles. The maximum atomic E-state index is 5.91. The smallest absolute Gasteiger partial charge is 0.0506 e. The SMILES string of the molecule is CCCCCCCCCCCOCCc1cscc1CCOCCCCCCCCCCC. The summed E-state index contributed by atoms with van der Waals surface area (Å²) in [4.78, 5) is 0. The van der Waals surface area contributed by atoms with Gasteiger partial charge in [0.15, 0.2) is 0 Å². The fourth-order valence-corrected chi connectivity index (χ4v) is 5.32. The molecule has 2 nitrogen and oxygen atoms in total. The monoisotopic (exact) mass is 480 g/mol. The number of hydrogen-bond acceptors (Lipinski definition) is 3. The highest BCUT2D eigenvalue weighted by atomic mass is 32.1.